The Labute approximate surface area is 180 Å². The van der Waals surface area contributed by atoms with E-state index in [1.807, 2.05) is 64.1 Å². The van der Waals surface area contributed by atoms with Crippen molar-refractivity contribution >= 4 is 16.9 Å². The molecule has 0 saturated carbocycles. The predicted molar refractivity (Wildman–Crippen MR) is 119 cm³/mol. The van der Waals surface area contributed by atoms with Gasteiger partial charge >= 0.3 is 0 Å². The van der Waals surface area contributed by atoms with Crippen molar-refractivity contribution < 1.29 is 4.74 Å². The van der Waals surface area contributed by atoms with E-state index in [1.165, 1.54) is 6.33 Å². The molecule has 154 valence electrons. The first-order valence-electron chi connectivity index (χ1n) is 10.3. The minimum atomic E-state index is 0.229. The molecule has 1 aliphatic heterocycles. The average molecular weight is 410 g/mol. The van der Waals surface area contributed by atoms with Crippen LogP contribution in [0.2, 0.25) is 0 Å². The van der Waals surface area contributed by atoms with Crippen LogP contribution in [-0.2, 0) is 0 Å². The van der Waals surface area contributed by atoms with E-state index in [2.05, 4.69) is 22.4 Å². The first kappa shape index (κ1) is 18.9. The van der Waals surface area contributed by atoms with E-state index >= 15 is 0 Å². The Kier molecular flexibility index (Phi) is 4.89. The summed E-state index contributed by atoms with van der Waals surface area (Å²) in [6, 6.07) is 17.6. The summed E-state index contributed by atoms with van der Waals surface area (Å²) in [7, 11) is 0. The summed E-state index contributed by atoms with van der Waals surface area (Å²) in [5.74, 6) is 2.22. The van der Waals surface area contributed by atoms with E-state index in [0.717, 1.165) is 53.2 Å². The van der Waals surface area contributed by atoms with Crippen molar-refractivity contribution in [1.82, 2.24) is 19.4 Å². The standard InChI is InChI=1S/C24H22N6O/c25-15-29-12-4-5-17(13-29)21-14-30(23-22(21)27-16-28-24(23)26)18-8-10-20(11-9-18)31-19-6-2-1-3-7-19/h1-3,6-11,14,16-17H,4-5,12-13H2,(H2,26,27,28). The number of para-hydroxylation sites is 1. The van der Waals surface area contributed by atoms with Crippen LogP contribution in [0.5, 0.6) is 11.5 Å². The van der Waals surface area contributed by atoms with Crippen molar-refractivity contribution in [2.75, 3.05) is 18.8 Å². The van der Waals surface area contributed by atoms with Gasteiger partial charge in [0.1, 0.15) is 23.3 Å². The Hall–Kier alpha value is -4.05. The van der Waals surface area contributed by atoms with Crippen LogP contribution in [0.15, 0.2) is 67.1 Å². The van der Waals surface area contributed by atoms with Crippen LogP contribution in [-0.4, -0.2) is 32.5 Å². The summed E-state index contributed by atoms with van der Waals surface area (Å²) < 4.78 is 7.95. The zero-order valence-electron chi connectivity index (χ0n) is 17.0. The van der Waals surface area contributed by atoms with Crippen molar-refractivity contribution in [1.29, 1.82) is 5.26 Å². The molecule has 0 bridgehead atoms. The highest BCUT2D eigenvalue weighted by Gasteiger charge is 2.26. The predicted octanol–water partition coefficient (Wildman–Crippen LogP) is 4.46. The van der Waals surface area contributed by atoms with E-state index in [-0.39, 0.29) is 5.92 Å². The van der Waals surface area contributed by atoms with Crippen LogP contribution in [0, 0.1) is 11.5 Å². The van der Waals surface area contributed by atoms with Gasteiger partial charge in [0.25, 0.3) is 0 Å². The molecule has 7 nitrogen and oxygen atoms in total. The Morgan fingerprint density at radius 3 is 2.58 bits per heavy atom. The number of aromatic nitrogens is 3. The first-order chi connectivity index (χ1) is 15.2. The summed E-state index contributed by atoms with van der Waals surface area (Å²) >= 11 is 0. The fraction of sp³-hybridized carbons (Fsp3) is 0.208. The highest BCUT2D eigenvalue weighted by Crippen LogP contribution is 2.35. The van der Waals surface area contributed by atoms with Crippen LogP contribution in [0.1, 0.15) is 24.3 Å². The molecule has 1 aliphatic rings. The SMILES string of the molecule is N#CN1CCCC(c2cn(-c3ccc(Oc4ccccc4)cc3)c3c(N)ncnc23)C1. The van der Waals surface area contributed by atoms with Crippen molar-refractivity contribution in [2.24, 2.45) is 0 Å². The number of rotatable bonds is 4. The molecule has 4 aromatic rings. The van der Waals surface area contributed by atoms with E-state index < -0.39 is 0 Å². The second kappa shape index (κ2) is 8.00. The van der Waals surface area contributed by atoms with E-state index in [1.54, 1.807) is 0 Å². The number of nitriles is 1. The van der Waals surface area contributed by atoms with E-state index in [9.17, 15) is 5.26 Å². The lowest BCUT2D eigenvalue weighted by Gasteiger charge is -2.28. The molecule has 3 heterocycles. The van der Waals surface area contributed by atoms with Crippen LogP contribution in [0.25, 0.3) is 16.7 Å². The van der Waals surface area contributed by atoms with Gasteiger partial charge in [-0.05, 0) is 49.2 Å². The third-order valence-electron chi connectivity index (χ3n) is 5.73. The maximum Gasteiger partial charge on any atom is 0.179 e. The first-order valence-corrected chi connectivity index (χ1v) is 10.3. The molecule has 1 saturated heterocycles. The van der Waals surface area contributed by atoms with Crippen molar-refractivity contribution in [3.05, 3.63) is 72.7 Å². The zero-order chi connectivity index (χ0) is 21.2. The van der Waals surface area contributed by atoms with Gasteiger partial charge in [-0.2, -0.15) is 5.26 Å². The molecular formula is C24H22N6O. The fourth-order valence-corrected chi connectivity index (χ4v) is 4.23. The van der Waals surface area contributed by atoms with Gasteiger partial charge in [0, 0.05) is 36.5 Å². The molecule has 1 unspecified atom stereocenters. The third kappa shape index (κ3) is 3.64. The molecule has 2 aromatic carbocycles. The number of anilines is 1. The lowest BCUT2D eigenvalue weighted by atomic mass is 9.92. The van der Waals surface area contributed by atoms with Gasteiger partial charge in [0.15, 0.2) is 12.0 Å². The Bertz CT molecular complexity index is 1240. The highest BCUT2D eigenvalue weighted by atomic mass is 16.5. The molecule has 0 aliphatic carbocycles. The van der Waals surface area contributed by atoms with Crippen LogP contribution in [0.4, 0.5) is 5.82 Å². The normalized spacial score (nSPS) is 16.2. The van der Waals surface area contributed by atoms with Crippen molar-refractivity contribution in [3.63, 3.8) is 0 Å². The number of piperidine rings is 1. The number of nitrogens with zero attached hydrogens (tertiary/aromatic N) is 5. The van der Waals surface area contributed by atoms with Gasteiger partial charge in [-0.15, -0.1) is 0 Å². The van der Waals surface area contributed by atoms with Gasteiger partial charge in [0.05, 0.1) is 5.52 Å². The molecule has 0 amide bonds. The number of benzene rings is 2. The summed E-state index contributed by atoms with van der Waals surface area (Å²) in [4.78, 5) is 10.6. The van der Waals surface area contributed by atoms with E-state index in [0.29, 0.717) is 12.4 Å². The molecule has 1 fully saturated rings. The highest BCUT2D eigenvalue weighted by molar-refractivity contribution is 5.90. The Morgan fingerprint density at radius 2 is 1.81 bits per heavy atom. The summed E-state index contributed by atoms with van der Waals surface area (Å²) in [5.41, 5.74) is 9.96. The number of nitrogens with two attached hydrogens (primary N) is 1. The molecule has 5 rings (SSSR count). The topological polar surface area (TPSA) is 93.0 Å². The van der Waals surface area contributed by atoms with Crippen molar-refractivity contribution in [2.45, 2.75) is 18.8 Å². The molecule has 1 atom stereocenters. The van der Waals surface area contributed by atoms with Crippen molar-refractivity contribution in [3.8, 4) is 23.4 Å². The van der Waals surface area contributed by atoms with Gasteiger partial charge in [0.2, 0.25) is 0 Å². The second-order valence-electron chi connectivity index (χ2n) is 7.70. The monoisotopic (exact) mass is 410 g/mol. The molecule has 0 spiro atoms. The number of ether oxygens (including phenoxy) is 1. The molecular weight excluding hydrogens is 388 g/mol. The second-order valence-corrected chi connectivity index (χ2v) is 7.70. The summed E-state index contributed by atoms with van der Waals surface area (Å²) in [6.45, 7) is 1.51. The van der Waals surface area contributed by atoms with Gasteiger partial charge in [-0.25, -0.2) is 9.97 Å². The minimum Gasteiger partial charge on any atom is -0.457 e. The zero-order valence-corrected chi connectivity index (χ0v) is 17.0. The van der Waals surface area contributed by atoms with Gasteiger partial charge in [-0.3, -0.25) is 0 Å². The van der Waals surface area contributed by atoms with Gasteiger partial charge < -0.3 is 19.9 Å². The molecule has 0 radical (unpaired) electrons. The quantitative estimate of drug-likeness (QED) is 0.500. The Morgan fingerprint density at radius 1 is 1.03 bits per heavy atom. The van der Waals surface area contributed by atoms with Crippen LogP contribution < -0.4 is 10.5 Å². The largest absolute Gasteiger partial charge is 0.457 e. The average Bonchev–Trinajstić information content (AvgIpc) is 3.21. The fourth-order valence-electron chi connectivity index (χ4n) is 4.23. The number of fused-ring (bicyclic) bond motifs is 1. The summed E-state index contributed by atoms with van der Waals surface area (Å²) in [6.07, 6.45) is 7.88. The Balaban J connectivity index is 1.52. The van der Waals surface area contributed by atoms with Crippen LogP contribution in [0.3, 0.4) is 0 Å². The lowest BCUT2D eigenvalue weighted by molar-refractivity contribution is 0.292. The number of likely N-dealkylation sites (tertiary alicyclic amines) is 1. The van der Waals surface area contributed by atoms with Crippen LogP contribution >= 0.6 is 0 Å². The number of nitrogen functional groups attached to an aromatic ring is 1. The molecule has 2 N–H and O–H groups in total. The maximum atomic E-state index is 9.34. The maximum absolute atomic E-state index is 9.34. The molecule has 7 heteroatoms. The molecule has 2 aromatic heterocycles. The smallest absolute Gasteiger partial charge is 0.179 e. The molecule has 31 heavy (non-hydrogen) atoms. The third-order valence-corrected chi connectivity index (χ3v) is 5.73. The number of hydrogen-bond acceptors (Lipinski definition) is 6. The van der Waals surface area contributed by atoms with E-state index in [4.69, 9.17) is 10.5 Å². The lowest BCUT2D eigenvalue weighted by Crippen LogP contribution is -2.30. The summed E-state index contributed by atoms with van der Waals surface area (Å²) in [5, 5.41) is 9.34. The number of hydrogen-bond donors (Lipinski definition) is 1. The van der Waals surface area contributed by atoms with Gasteiger partial charge in [-0.1, -0.05) is 18.2 Å². The minimum absolute atomic E-state index is 0.229.